The number of anilines is 1. The number of hydrazone groups is 1. The van der Waals surface area contributed by atoms with Crippen LogP contribution in [-0.2, 0) is 14.8 Å². The number of hydrogen-bond acceptors (Lipinski definition) is 6. The Morgan fingerprint density at radius 3 is 2.28 bits per heavy atom. The molecule has 154 valence electrons. The normalized spacial score (nSPS) is 11.2. The van der Waals surface area contributed by atoms with E-state index in [0.29, 0.717) is 23.6 Å². The van der Waals surface area contributed by atoms with Crippen LogP contribution in [0.4, 0.5) is 5.69 Å². The fourth-order valence-corrected chi connectivity index (χ4v) is 3.19. The Labute approximate surface area is 168 Å². The molecule has 0 aliphatic heterocycles. The maximum absolute atomic E-state index is 12.1. The van der Waals surface area contributed by atoms with Crippen molar-refractivity contribution in [2.24, 2.45) is 5.10 Å². The number of ether oxygens (including phenoxy) is 1. The van der Waals surface area contributed by atoms with E-state index < -0.39 is 28.4 Å². The van der Waals surface area contributed by atoms with Gasteiger partial charge in [0.1, 0.15) is 12.3 Å². The number of rotatable bonds is 9. The maximum atomic E-state index is 12.1. The summed E-state index contributed by atoms with van der Waals surface area (Å²) in [4.78, 5) is 23.0. The predicted molar refractivity (Wildman–Crippen MR) is 109 cm³/mol. The molecule has 0 unspecified atom stereocenters. The molecule has 0 atom stereocenters. The molecule has 10 heteroatoms. The molecule has 2 rings (SSSR count). The molecule has 1 amide bonds. The number of nitrogens with one attached hydrogen (secondary N) is 1. The lowest BCUT2D eigenvalue weighted by Crippen LogP contribution is -2.39. The minimum Gasteiger partial charge on any atom is -0.494 e. The molecule has 0 saturated carbocycles. The van der Waals surface area contributed by atoms with Crippen molar-refractivity contribution in [2.75, 3.05) is 23.7 Å². The first-order chi connectivity index (χ1) is 13.7. The summed E-state index contributed by atoms with van der Waals surface area (Å²) in [6.07, 6.45) is 2.33. The lowest BCUT2D eigenvalue weighted by molar-refractivity contribution is -0.119. The summed E-state index contributed by atoms with van der Waals surface area (Å²) in [6.45, 7) is 1.86. The zero-order valence-corrected chi connectivity index (χ0v) is 16.7. The van der Waals surface area contributed by atoms with Gasteiger partial charge in [0.05, 0.1) is 30.3 Å². The number of nitrogens with zero attached hydrogens (tertiary/aromatic N) is 2. The molecule has 0 radical (unpaired) electrons. The Morgan fingerprint density at radius 1 is 1.14 bits per heavy atom. The van der Waals surface area contributed by atoms with Gasteiger partial charge < -0.3 is 9.84 Å². The Kier molecular flexibility index (Phi) is 7.32. The van der Waals surface area contributed by atoms with Crippen molar-refractivity contribution in [1.82, 2.24) is 5.43 Å². The lowest BCUT2D eigenvalue weighted by Gasteiger charge is -2.21. The quantitative estimate of drug-likeness (QED) is 0.471. The summed E-state index contributed by atoms with van der Waals surface area (Å²) in [6, 6.07) is 12.2. The number of amides is 1. The summed E-state index contributed by atoms with van der Waals surface area (Å²) < 4.78 is 30.5. The Morgan fingerprint density at radius 2 is 1.76 bits per heavy atom. The highest BCUT2D eigenvalue weighted by Crippen LogP contribution is 2.21. The molecule has 0 spiro atoms. The molecule has 2 aromatic carbocycles. The number of aromatic carboxylic acids is 1. The first kappa shape index (κ1) is 21.9. The number of hydrogen-bond donors (Lipinski definition) is 2. The lowest BCUT2D eigenvalue weighted by atomic mass is 10.1. The third-order valence-electron chi connectivity index (χ3n) is 3.68. The summed E-state index contributed by atoms with van der Waals surface area (Å²) in [5.74, 6) is -1.09. The molecular weight excluding hydrogens is 398 g/mol. The number of carbonyl (C=O) groups excluding carboxylic acids is 1. The minimum absolute atomic E-state index is 0.130. The summed E-state index contributed by atoms with van der Waals surface area (Å²) in [5.41, 5.74) is 3.28. The van der Waals surface area contributed by atoms with Crippen LogP contribution < -0.4 is 14.5 Å². The summed E-state index contributed by atoms with van der Waals surface area (Å²) in [5, 5.41) is 12.6. The topological polar surface area (TPSA) is 125 Å². The fraction of sp³-hybridized carbons (Fsp3) is 0.211. The van der Waals surface area contributed by atoms with Crippen LogP contribution in [0, 0.1) is 0 Å². The third-order valence-corrected chi connectivity index (χ3v) is 4.82. The number of carboxylic acid groups (broad SMARTS) is 1. The minimum atomic E-state index is -3.70. The van der Waals surface area contributed by atoms with E-state index in [1.165, 1.54) is 30.5 Å². The van der Waals surface area contributed by atoms with Crippen molar-refractivity contribution in [2.45, 2.75) is 6.92 Å². The van der Waals surface area contributed by atoms with Crippen molar-refractivity contribution in [3.05, 3.63) is 59.7 Å². The van der Waals surface area contributed by atoms with Gasteiger partial charge in [0.25, 0.3) is 5.91 Å². The van der Waals surface area contributed by atoms with Gasteiger partial charge in [-0.25, -0.2) is 18.6 Å². The van der Waals surface area contributed by atoms with Gasteiger partial charge in [0.15, 0.2) is 0 Å². The smallest absolute Gasteiger partial charge is 0.335 e. The second-order valence-corrected chi connectivity index (χ2v) is 7.82. The van der Waals surface area contributed by atoms with Crippen molar-refractivity contribution in [3.8, 4) is 5.75 Å². The number of carboxylic acids is 1. The highest BCUT2D eigenvalue weighted by molar-refractivity contribution is 7.92. The molecule has 29 heavy (non-hydrogen) atoms. The molecular formula is C19H21N3O6S. The van der Waals surface area contributed by atoms with E-state index in [9.17, 15) is 18.0 Å². The van der Waals surface area contributed by atoms with E-state index in [0.717, 1.165) is 10.6 Å². The van der Waals surface area contributed by atoms with E-state index in [2.05, 4.69) is 10.5 Å². The van der Waals surface area contributed by atoms with E-state index in [4.69, 9.17) is 9.84 Å². The van der Waals surface area contributed by atoms with Gasteiger partial charge in [0.2, 0.25) is 10.0 Å². The maximum Gasteiger partial charge on any atom is 0.335 e. The average molecular weight is 419 g/mol. The highest BCUT2D eigenvalue weighted by atomic mass is 32.2. The molecule has 0 aliphatic rings. The zero-order valence-electron chi connectivity index (χ0n) is 15.9. The first-order valence-corrected chi connectivity index (χ1v) is 10.4. The van der Waals surface area contributed by atoms with Gasteiger partial charge in [0, 0.05) is 0 Å². The van der Waals surface area contributed by atoms with Gasteiger partial charge in [-0.05, 0) is 48.9 Å². The number of benzene rings is 2. The monoisotopic (exact) mass is 419 g/mol. The van der Waals surface area contributed by atoms with Gasteiger partial charge in [-0.2, -0.15) is 5.10 Å². The Hall–Kier alpha value is -3.40. The fourth-order valence-electron chi connectivity index (χ4n) is 2.33. The van der Waals surface area contributed by atoms with Crippen LogP contribution >= 0.6 is 0 Å². The molecule has 2 N–H and O–H groups in total. The van der Waals surface area contributed by atoms with Crippen molar-refractivity contribution in [3.63, 3.8) is 0 Å². The second-order valence-electron chi connectivity index (χ2n) is 5.92. The van der Waals surface area contributed by atoms with E-state index in [-0.39, 0.29) is 5.56 Å². The molecule has 0 heterocycles. The SMILES string of the molecule is CCOc1ccc(N(CC(=O)N/N=C\c2ccc(C(=O)O)cc2)S(C)(=O)=O)cc1. The summed E-state index contributed by atoms with van der Waals surface area (Å²) in [7, 11) is -3.70. The Balaban J connectivity index is 2.03. The second kappa shape index (κ2) is 9.69. The third kappa shape index (κ3) is 6.61. The van der Waals surface area contributed by atoms with E-state index in [1.807, 2.05) is 6.92 Å². The van der Waals surface area contributed by atoms with Crippen LogP contribution in [0.1, 0.15) is 22.8 Å². The molecule has 9 nitrogen and oxygen atoms in total. The zero-order chi connectivity index (χ0) is 21.4. The first-order valence-electron chi connectivity index (χ1n) is 8.56. The van der Waals surface area contributed by atoms with E-state index >= 15 is 0 Å². The van der Waals surface area contributed by atoms with Crippen molar-refractivity contribution < 1.29 is 27.9 Å². The van der Waals surface area contributed by atoms with E-state index in [1.54, 1.807) is 24.3 Å². The van der Waals surface area contributed by atoms with Crippen LogP contribution in [-0.4, -0.2) is 51.0 Å². The van der Waals surface area contributed by atoms with Crippen LogP contribution in [0.5, 0.6) is 5.75 Å². The van der Waals surface area contributed by atoms with Crippen molar-refractivity contribution in [1.29, 1.82) is 0 Å². The van der Waals surface area contributed by atoms with Gasteiger partial charge in [-0.15, -0.1) is 0 Å². The Bertz CT molecular complexity index is 986. The number of sulfonamides is 1. The van der Waals surface area contributed by atoms with Crippen LogP contribution in [0.3, 0.4) is 0 Å². The number of carbonyl (C=O) groups is 2. The predicted octanol–water partition coefficient (Wildman–Crippen LogP) is 1.70. The standard InChI is InChI=1S/C19H21N3O6S/c1-3-28-17-10-8-16(9-11-17)22(29(2,26)27)13-18(23)21-20-12-14-4-6-15(7-5-14)19(24)25/h4-12H,3,13H2,1-2H3,(H,21,23)(H,24,25)/b20-12-. The van der Waals surface area contributed by atoms with Crippen molar-refractivity contribution >= 4 is 33.8 Å². The molecule has 0 fully saturated rings. The molecule has 0 bridgehead atoms. The summed E-state index contributed by atoms with van der Waals surface area (Å²) >= 11 is 0. The van der Waals surface area contributed by atoms with Crippen LogP contribution in [0.15, 0.2) is 53.6 Å². The average Bonchev–Trinajstić information content (AvgIpc) is 2.67. The van der Waals surface area contributed by atoms with Gasteiger partial charge in [-0.3, -0.25) is 9.10 Å². The van der Waals surface area contributed by atoms with Gasteiger partial charge >= 0.3 is 5.97 Å². The molecule has 0 aromatic heterocycles. The van der Waals surface area contributed by atoms with Crippen LogP contribution in [0.25, 0.3) is 0 Å². The van der Waals surface area contributed by atoms with Gasteiger partial charge in [-0.1, -0.05) is 12.1 Å². The molecule has 0 aliphatic carbocycles. The van der Waals surface area contributed by atoms with Crippen LogP contribution in [0.2, 0.25) is 0 Å². The highest BCUT2D eigenvalue weighted by Gasteiger charge is 2.20. The molecule has 0 saturated heterocycles. The molecule has 2 aromatic rings. The largest absolute Gasteiger partial charge is 0.494 e.